The monoisotopic (exact) mass is 405 g/mol. The highest BCUT2D eigenvalue weighted by Crippen LogP contribution is 2.29. The molecular formula is C21H25F2N3O3. The number of ether oxygens (including phenoxy) is 3. The van der Waals surface area contributed by atoms with Gasteiger partial charge in [-0.25, -0.2) is 9.97 Å². The van der Waals surface area contributed by atoms with Gasteiger partial charge in [-0.15, -0.1) is 8.78 Å². The molecule has 1 N–H and O–H groups in total. The number of hydrogen-bond donors (Lipinski definition) is 1. The van der Waals surface area contributed by atoms with Gasteiger partial charge < -0.3 is 14.8 Å². The van der Waals surface area contributed by atoms with Gasteiger partial charge in [0.15, 0.2) is 0 Å². The number of aryl methyl sites for hydroxylation is 2. The Labute approximate surface area is 169 Å². The molecular weight excluding hydrogens is 380 g/mol. The fourth-order valence-corrected chi connectivity index (χ4v) is 2.64. The molecule has 2 heterocycles. The summed E-state index contributed by atoms with van der Waals surface area (Å²) >= 11 is 0. The minimum atomic E-state index is -3.80. The first kappa shape index (κ1) is 22.3. The zero-order valence-electron chi connectivity index (χ0n) is 17.1. The van der Waals surface area contributed by atoms with Crippen molar-refractivity contribution < 1.29 is 23.0 Å². The van der Waals surface area contributed by atoms with Crippen molar-refractivity contribution in [2.45, 2.75) is 40.2 Å². The standard InChI is InChI=1S/C21H25F2N3O3/c1-7-8-9-28-21(22,23)29-16(5)25-18-11-13(2)15(4)19(26-18)17-10-14(3)20(27-6)24-12-17/h7-12,16H,1H2,2-6H3,(H,25,26)/b9-8+. The summed E-state index contributed by atoms with van der Waals surface area (Å²) in [5, 5.41) is 2.82. The highest BCUT2D eigenvalue weighted by Gasteiger charge is 2.34. The van der Waals surface area contributed by atoms with Gasteiger partial charge in [0, 0.05) is 17.3 Å². The normalized spacial score (nSPS) is 12.7. The minimum absolute atomic E-state index is 0.390. The number of nitrogens with one attached hydrogen (secondary N) is 1. The molecule has 0 fully saturated rings. The lowest BCUT2D eigenvalue weighted by molar-refractivity contribution is -0.382. The van der Waals surface area contributed by atoms with Crippen molar-refractivity contribution in [1.29, 1.82) is 0 Å². The summed E-state index contributed by atoms with van der Waals surface area (Å²) in [4.78, 5) is 8.84. The maximum Gasteiger partial charge on any atom is 0.536 e. The van der Waals surface area contributed by atoms with Gasteiger partial charge in [-0.3, -0.25) is 4.74 Å². The van der Waals surface area contributed by atoms with Gasteiger partial charge in [-0.2, -0.15) is 0 Å². The number of halogens is 2. The van der Waals surface area contributed by atoms with Crippen LogP contribution in [0.4, 0.5) is 14.6 Å². The summed E-state index contributed by atoms with van der Waals surface area (Å²) in [5.41, 5.74) is 4.25. The number of allylic oxidation sites excluding steroid dienone is 2. The Hall–Kier alpha value is -3.00. The molecule has 0 aromatic carbocycles. The van der Waals surface area contributed by atoms with Crippen LogP contribution in [0, 0.1) is 20.8 Å². The first-order valence-electron chi connectivity index (χ1n) is 8.93. The van der Waals surface area contributed by atoms with Crippen molar-refractivity contribution in [3.05, 3.63) is 60.0 Å². The highest BCUT2D eigenvalue weighted by atomic mass is 19.3. The van der Waals surface area contributed by atoms with E-state index in [2.05, 4.69) is 31.3 Å². The molecule has 29 heavy (non-hydrogen) atoms. The molecule has 0 aliphatic rings. The predicted octanol–water partition coefficient (Wildman–Crippen LogP) is 5.12. The van der Waals surface area contributed by atoms with Crippen molar-refractivity contribution in [3.8, 4) is 17.1 Å². The summed E-state index contributed by atoms with van der Waals surface area (Å²) < 4.78 is 41.5. The lowest BCUT2D eigenvalue weighted by atomic mass is 10.0. The van der Waals surface area contributed by atoms with Gasteiger partial charge in [-0.1, -0.05) is 12.7 Å². The van der Waals surface area contributed by atoms with E-state index in [1.165, 1.54) is 19.1 Å². The number of pyridine rings is 2. The summed E-state index contributed by atoms with van der Waals surface area (Å²) in [5.74, 6) is 0.925. The first-order chi connectivity index (χ1) is 13.7. The number of alkyl halides is 2. The lowest BCUT2D eigenvalue weighted by Crippen LogP contribution is -2.32. The molecule has 0 aliphatic carbocycles. The number of aromatic nitrogens is 2. The largest absolute Gasteiger partial charge is 0.536 e. The van der Waals surface area contributed by atoms with Crippen LogP contribution in [-0.4, -0.2) is 29.6 Å². The molecule has 1 atom stereocenters. The zero-order valence-corrected chi connectivity index (χ0v) is 17.1. The zero-order chi connectivity index (χ0) is 21.6. The molecule has 0 bridgehead atoms. The topological polar surface area (TPSA) is 65.5 Å². The van der Waals surface area contributed by atoms with E-state index < -0.39 is 12.5 Å². The van der Waals surface area contributed by atoms with E-state index in [9.17, 15) is 8.78 Å². The van der Waals surface area contributed by atoms with Crippen molar-refractivity contribution in [2.24, 2.45) is 0 Å². The SMILES string of the molecule is C=C/C=C/OC(F)(F)OC(C)Nc1cc(C)c(C)c(-c2cnc(OC)c(C)c2)n1. The second kappa shape index (κ2) is 9.47. The van der Waals surface area contributed by atoms with E-state index in [1.54, 1.807) is 19.4 Å². The summed E-state index contributed by atoms with van der Waals surface area (Å²) in [7, 11) is 1.56. The van der Waals surface area contributed by atoms with Crippen LogP contribution >= 0.6 is 0 Å². The summed E-state index contributed by atoms with van der Waals surface area (Å²) in [6, 6.07) is 3.68. The van der Waals surface area contributed by atoms with Crippen LogP contribution in [0.25, 0.3) is 11.3 Å². The second-order valence-corrected chi connectivity index (χ2v) is 6.40. The molecule has 2 aromatic rings. The molecule has 6 nitrogen and oxygen atoms in total. The Kier molecular flexibility index (Phi) is 7.28. The fraction of sp³-hybridized carbons (Fsp3) is 0.333. The molecule has 0 saturated heterocycles. The quantitative estimate of drug-likeness (QED) is 0.355. The van der Waals surface area contributed by atoms with Crippen molar-refractivity contribution in [3.63, 3.8) is 0 Å². The van der Waals surface area contributed by atoms with E-state index in [-0.39, 0.29) is 0 Å². The Morgan fingerprint density at radius 2 is 1.93 bits per heavy atom. The second-order valence-electron chi connectivity index (χ2n) is 6.40. The van der Waals surface area contributed by atoms with E-state index in [0.717, 1.165) is 28.5 Å². The molecule has 8 heteroatoms. The van der Waals surface area contributed by atoms with Crippen LogP contribution in [0.3, 0.4) is 0 Å². The Balaban J connectivity index is 2.23. The molecule has 2 aromatic heterocycles. The highest BCUT2D eigenvalue weighted by molar-refractivity contribution is 5.67. The first-order valence-corrected chi connectivity index (χ1v) is 8.93. The number of methoxy groups -OCH3 is 1. The number of nitrogens with zero attached hydrogens (tertiary/aromatic N) is 2. The maximum absolute atomic E-state index is 13.7. The van der Waals surface area contributed by atoms with Crippen LogP contribution in [0.5, 0.6) is 5.88 Å². The third-order valence-corrected chi connectivity index (χ3v) is 4.11. The molecule has 0 radical (unpaired) electrons. The average molecular weight is 405 g/mol. The third-order valence-electron chi connectivity index (χ3n) is 4.11. The van der Waals surface area contributed by atoms with Gasteiger partial charge in [-0.05, 0) is 57.0 Å². The summed E-state index contributed by atoms with van der Waals surface area (Å²) in [6.07, 6.45) is 0.153. The van der Waals surface area contributed by atoms with E-state index in [1.807, 2.05) is 26.8 Å². The summed E-state index contributed by atoms with van der Waals surface area (Å²) in [6.45, 7) is 10.6. The lowest BCUT2D eigenvalue weighted by Gasteiger charge is -2.22. The third kappa shape index (κ3) is 5.99. The van der Waals surface area contributed by atoms with Crippen molar-refractivity contribution in [2.75, 3.05) is 12.4 Å². The molecule has 0 aliphatic heterocycles. The molecule has 156 valence electrons. The maximum atomic E-state index is 13.7. The minimum Gasteiger partial charge on any atom is -0.481 e. The van der Waals surface area contributed by atoms with Crippen molar-refractivity contribution in [1.82, 2.24) is 9.97 Å². The van der Waals surface area contributed by atoms with E-state index in [4.69, 9.17) is 4.74 Å². The van der Waals surface area contributed by atoms with Crippen LogP contribution in [0.2, 0.25) is 0 Å². The van der Waals surface area contributed by atoms with Gasteiger partial charge in [0.25, 0.3) is 0 Å². The molecule has 0 spiro atoms. The number of anilines is 1. The molecule has 0 amide bonds. The van der Waals surface area contributed by atoms with Crippen molar-refractivity contribution >= 4 is 5.82 Å². The smallest absolute Gasteiger partial charge is 0.481 e. The van der Waals surface area contributed by atoms with Gasteiger partial charge in [0.05, 0.1) is 19.1 Å². The van der Waals surface area contributed by atoms with Gasteiger partial charge in [0.2, 0.25) is 5.88 Å². The average Bonchev–Trinajstić information content (AvgIpc) is 2.64. The van der Waals surface area contributed by atoms with Crippen LogP contribution in [0.15, 0.2) is 43.3 Å². The Morgan fingerprint density at radius 1 is 1.21 bits per heavy atom. The van der Waals surface area contributed by atoms with Gasteiger partial charge >= 0.3 is 6.29 Å². The van der Waals surface area contributed by atoms with E-state index in [0.29, 0.717) is 17.4 Å². The number of rotatable bonds is 9. The number of hydrogen-bond acceptors (Lipinski definition) is 6. The predicted molar refractivity (Wildman–Crippen MR) is 108 cm³/mol. The molecule has 0 saturated carbocycles. The van der Waals surface area contributed by atoms with Crippen LogP contribution < -0.4 is 10.1 Å². The van der Waals surface area contributed by atoms with E-state index >= 15 is 0 Å². The van der Waals surface area contributed by atoms with Crippen LogP contribution in [0.1, 0.15) is 23.6 Å². The Bertz CT molecular complexity index is 901. The Morgan fingerprint density at radius 3 is 2.55 bits per heavy atom. The van der Waals surface area contributed by atoms with Gasteiger partial charge in [0.1, 0.15) is 12.0 Å². The fourth-order valence-electron chi connectivity index (χ4n) is 2.64. The molecule has 1 unspecified atom stereocenters. The van der Waals surface area contributed by atoms with Crippen LogP contribution in [-0.2, 0) is 9.47 Å². The molecule has 2 rings (SSSR count).